The molecule has 1 atom stereocenters. The van der Waals surface area contributed by atoms with Gasteiger partial charge in [0.15, 0.2) is 5.69 Å². The van der Waals surface area contributed by atoms with E-state index in [1.807, 2.05) is 30.3 Å². The maximum absolute atomic E-state index is 12.6. The predicted molar refractivity (Wildman–Crippen MR) is 95.8 cm³/mol. The smallest absolute Gasteiger partial charge is 0.275 e. The van der Waals surface area contributed by atoms with Gasteiger partial charge in [-0.25, -0.2) is 9.97 Å². The number of aromatic nitrogens is 2. The summed E-state index contributed by atoms with van der Waals surface area (Å²) in [6, 6.07) is 4.18. The van der Waals surface area contributed by atoms with Crippen LogP contribution in [0, 0.1) is 0 Å². The van der Waals surface area contributed by atoms with Gasteiger partial charge in [-0.1, -0.05) is 6.07 Å². The Hall–Kier alpha value is -2.45. The van der Waals surface area contributed by atoms with Gasteiger partial charge >= 0.3 is 0 Å². The van der Waals surface area contributed by atoms with E-state index in [-0.39, 0.29) is 5.91 Å². The van der Waals surface area contributed by atoms with E-state index < -0.39 is 0 Å². The maximum Gasteiger partial charge on any atom is 0.275 e. The van der Waals surface area contributed by atoms with Crippen LogP contribution in [-0.2, 0) is 13.1 Å². The maximum atomic E-state index is 12.6. The molecule has 3 heterocycles. The quantitative estimate of drug-likeness (QED) is 0.794. The highest BCUT2D eigenvalue weighted by Crippen LogP contribution is 2.19. The fourth-order valence-electron chi connectivity index (χ4n) is 3.13. The molecule has 1 N–H and O–H groups in total. The van der Waals surface area contributed by atoms with Gasteiger partial charge in [-0.3, -0.25) is 9.69 Å². The summed E-state index contributed by atoms with van der Waals surface area (Å²) in [6.07, 6.45) is 4.20. The van der Waals surface area contributed by atoms with E-state index >= 15 is 0 Å². The Bertz CT molecular complexity index is 731. The minimum absolute atomic E-state index is 0.0712. The van der Waals surface area contributed by atoms with Gasteiger partial charge in [-0.05, 0) is 26.1 Å². The van der Waals surface area contributed by atoms with Gasteiger partial charge < -0.3 is 19.4 Å². The number of carbonyl (C=O) groups excluding carboxylic acids is 1. The van der Waals surface area contributed by atoms with Crippen molar-refractivity contribution in [1.29, 1.82) is 0 Å². The molecule has 0 aliphatic carbocycles. The van der Waals surface area contributed by atoms with Crippen LogP contribution >= 0.6 is 0 Å². The van der Waals surface area contributed by atoms with Gasteiger partial charge in [-0.15, -0.1) is 0 Å². The minimum atomic E-state index is -0.0712. The van der Waals surface area contributed by atoms with Crippen molar-refractivity contribution in [3.05, 3.63) is 41.7 Å². The molecular weight excluding hydrogens is 334 g/mol. The van der Waals surface area contributed by atoms with Gasteiger partial charge in [0.2, 0.25) is 11.8 Å². The average molecular weight is 359 g/mol. The number of methoxy groups -OCH3 is 1. The first-order valence-electron chi connectivity index (χ1n) is 8.68. The second kappa shape index (κ2) is 8.29. The molecule has 0 radical (unpaired) electrons. The third kappa shape index (κ3) is 4.20. The lowest BCUT2D eigenvalue weighted by atomic mass is 10.2. The number of pyridine rings is 1. The van der Waals surface area contributed by atoms with Gasteiger partial charge in [0, 0.05) is 37.9 Å². The summed E-state index contributed by atoms with van der Waals surface area (Å²) in [6.45, 7) is 2.70. The lowest BCUT2D eigenvalue weighted by molar-refractivity contribution is 0.0773. The van der Waals surface area contributed by atoms with Crippen molar-refractivity contribution < 1.29 is 13.9 Å². The fraction of sp³-hybridized carbons (Fsp3) is 0.500. The second-order valence-corrected chi connectivity index (χ2v) is 6.47. The Kier molecular flexibility index (Phi) is 5.85. The number of carbonyl (C=O) groups is 1. The van der Waals surface area contributed by atoms with E-state index in [0.29, 0.717) is 36.6 Å². The van der Waals surface area contributed by atoms with Crippen LogP contribution in [-0.4, -0.2) is 66.0 Å². The Morgan fingerprint density at radius 3 is 3.04 bits per heavy atom. The molecule has 1 saturated heterocycles. The summed E-state index contributed by atoms with van der Waals surface area (Å²) >= 11 is 0. The Labute approximate surface area is 153 Å². The molecule has 8 nitrogen and oxygen atoms in total. The van der Waals surface area contributed by atoms with Crippen LogP contribution < -0.4 is 10.1 Å². The molecular formula is C18H25N5O3. The summed E-state index contributed by atoms with van der Waals surface area (Å²) in [5.41, 5.74) is 1.49. The first kappa shape index (κ1) is 18.3. The minimum Gasteiger partial charge on any atom is -0.481 e. The molecule has 140 valence electrons. The van der Waals surface area contributed by atoms with Crippen molar-refractivity contribution in [1.82, 2.24) is 25.1 Å². The zero-order chi connectivity index (χ0) is 18.5. The molecule has 3 rings (SSSR count). The number of oxazole rings is 1. The molecule has 0 spiro atoms. The topological polar surface area (TPSA) is 83.7 Å². The number of amides is 1. The van der Waals surface area contributed by atoms with E-state index in [1.165, 1.54) is 6.26 Å². The summed E-state index contributed by atoms with van der Waals surface area (Å²) in [5, 5.41) is 2.96. The van der Waals surface area contributed by atoms with Gasteiger partial charge in [0.25, 0.3) is 5.91 Å². The van der Waals surface area contributed by atoms with Crippen LogP contribution in [0.3, 0.4) is 0 Å². The van der Waals surface area contributed by atoms with E-state index in [9.17, 15) is 4.79 Å². The average Bonchev–Trinajstić information content (AvgIpc) is 3.32. The number of likely N-dealkylation sites (N-methyl/N-ethyl adjacent to an activating group) is 1. The van der Waals surface area contributed by atoms with E-state index in [1.54, 1.807) is 7.11 Å². The summed E-state index contributed by atoms with van der Waals surface area (Å²) in [7, 11) is 5.49. The van der Waals surface area contributed by atoms with Crippen molar-refractivity contribution in [2.45, 2.75) is 25.6 Å². The van der Waals surface area contributed by atoms with Crippen LogP contribution in [0.15, 0.2) is 29.0 Å². The SMILES string of the molecule is CNCc1nc(C(=O)N2CCC(N(C)Cc3ccc(OC)nc3)C2)co1. The van der Waals surface area contributed by atoms with Crippen molar-refractivity contribution in [3.8, 4) is 5.88 Å². The van der Waals surface area contributed by atoms with E-state index in [4.69, 9.17) is 9.15 Å². The largest absolute Gasteiger partial charge is 0.481 e. The number of nitrogens with one attached hydrogen (secondary N) is 1. The zero-order valence-corrected chi connectivity index (χ0v) is 15.4. The molecule has 1 aliphatic rings. The van der Waals surface area contributed by atoms with Crippen molar-refractivity contribution >= 4 is 5.91 Å². The highest BCUT2D eigenvalue weighted by atomic mass is 16.5. The lowest BCUT2D eigenvalue weighted by Gasteiger charge is -2.24. The molecule has 2 aromatic heterocycles. The highest BCUT2D eigenvalue weighted by Gasteiger charge is 2.30. The first-order chi connectivity index (χ1) is 12.6. The third-order valence-corrected chi connectivity index (χ3v) is 4.61. The Morgan fingerprint density at radius 1 is 1.50 bits per heavy atom. The monoisotopic (exact) mass is 359 g/mol. The van der Waals surface area contributed by atoms with Crippen LogP contribution in [0.4, 0.5) is 0 Å². The number of hydrogen-bond donors (Lipinski definition) is 1. The molecule has 1 amide bonds. The van der Waals surface area contributed by atoms with Gasteiger partial charge in [-0.2, -0.15) is 0 Å². The van der Waals surface area contributed by atoms with Gasteiger partial charge in [0.1, 0.15) is 6.26 Å². The van der Waals surface area contributed by atoms with Crippen molar-refractivity contribution in [2.24, 2.45) is 0 Å². The number of rotatable bonds is 7. The first-order valence-corrected chi connectivity index (χ1v) is 8.68. The Morgan fingerprint density at radius 2 is 2.35 bits per heavy atom. The summed E-state index contributed by atoms with van der Waals surface area (Å²) in [5.74, 6) is 1.06. The summed E-state index contributed by atoms with van der Waals surface area (Å²) in [4.78, 5) is 25.2. The Balaban J connectivity index is 1.55. The lowest BCUT2D eigenvalue weighted by Crippen LogP contribution is -2.36. The predicted octanol–water partition coefficient (Wildman–Crippen LogP) is 1.14. The molecule has 8 heteroatoms. The number of hydrogen-bond acceptors (Lipinski definition) is 7. The van der Waals surface area contributed by atoms with Gasteiger partial charge in [0.05, 0.1) is 13.7 Å². The molecule has 1 unspecified atom stereocenters. The van der Waals surface area contributed by atoms with Crippen LogP contribution in [0.2, 0.25) is 0 Å². The van der Waals surface area contributed by atoms with E-state index in [0.717, 1.165) is 25.1 Å². The molecule has 0 aromatic carbocycles. The van der Waals surface area contributed by atoms with Crippen molar-refractivity contribution in [2.75, 3.05) is 34.3 Å². The van der Waals surface area contributed by atoms with E-state index in [2.05, 4.69) is 27.2 Å². The summed E-state index contributed by atoms with van der Waals surface area (Å²) < 4.78 is 10.4. The molecule has 0 bridgehead atoms. The number of likely N-dealkylation sites (tertiary alicyclic amines) is 1. The highest BCUT2D eigenvalue weighted by molar-refractivity contribution is 5.92. The van der Waals surface area contributed by atoms with Crippen molar-refractivity contribution in [3.63, 3.8) is 0 Å². The third-order valence-electron chi connectivity index (χ3n) is 4.61. The second-order valence-electron chi connectivity index (χ2n) is 6.47. The fourth-order valence-corrected chi connectivity index (χ4v) is 3.13. The molecule has 1 fully saturated rings. The van der Waals surface area contributed by atoms with Crippen LogP contribution in [0.25, 0.3) is 0 Å². The normalized spacial score (nSPS) is 17.1. The standard InChI is InChI=1S/C18H25N5O3/c1-19-9-17-21-15(12-26-17)18(24)23-7-6-14(11-23)22(2)10-13-4-5-16(25-3)20-8-13/h4-5,8,12,14,19H,6-7,9-11H2,1-3H3. The molecule has 26 heavy (non-hydrogen) atoms. The number of nitrogens with zero attached hydrogens (tertiary/aromatic N) is 4. The molecule has 1 aliphatic heterocycles. The molecule has 0 saturated carbocycles. The van der Waals surface area contributed by atoms with Crippen LogP contribution in [0.1, 0.15) is 28.4 Å². The van der Waals surface area contributed by atoms with Crippen LogP contribution in [0.5, 0.6) is 5.88 Å². The zero-order valence-electron chi connectivity index (χ0n) is 15.4. The molecule has 2 aromatic rings. The number of ether oxygens (including phenoxy) is 1.